The van der Waals surface area contributed by atoms with Crippen molar-refractivity contribution in [2.24, 2.45) is 0 Å². The van der Waals surface area contributed by atoms with Crippen LogP contribution in [0.3, 0.4) is 0 Å². The first-order valence-corrected chi connectivity index (χ1v) is 25.4. The van der Waals surface area contributed by atoms with E-state index in [9.17, 15) is 19.4 Å². The number of amides is 1. The molecule has 0 aromatic heterocycles. The summed E-state index contributed by atoms with van der Waals surface area (Å²) in [7, 11) is 1.54. The van der Waals surface area contributed by atoms with Crippen molar-refractivity contribution in [3.8, 4) is 0 Å². The molecular weight excluding hydrogens is 732 g/mol. The van der Waals surface area contributed by atoms with Crippen molar-refractivity contribution in [2.75, 3.05) is 40.9 Å². The Bertz CT molecular complexity index is 1030. The predicted molar refractivity (Wildman–Crippen MR) is 244 cm³/mol. The highest BCUT2D eigenvalue weighted by molar-refractivity contribution is 7.47. The molecule has 57 heavy (non-hydrogen) atoms. The number of allylic oxidation sites excluding steroid dienone is 5. The Kier molecular flexibility index (Phi) is 39.2. The van der Waals surface area contributed by atoms with Gasteiger partial charge in [0, 0.05) is 6.42 Å². The Balaban J connectivity index is 3.90. The Labute approximate surface area is 353 Å². The van der Waals surface area contributed by atoms with Gasteiger partial charge in [0.15, 0.2) is 0 Å². The molecular formula is C48H94N2O6P+. The lowest BCUT2D eigenvalue weighted by atomic mass is 10.0. The SMILES string of the molecule is CCCCCCCCCCCCCCCCCCCCCCCC/C=C/CC/C=C/CC/C=C/C(O)C(COP(=O)(O)OCC[N+](C)(C)C)NC(=O)CCCCC. The highest BCUT2D eigenvalue weighted by Gasteiger charge is 2.27. The molecule has 0 aromatic carbocycles. The summed E-state index contributed by atoms with van der Waals surface area (Å²) in [6, 6.07) is -0.862. The summed E-state index contributed by atoms with van der Waals surface area (Å²) in [5.74, 6) is -0.216. The normalized spacial score (nSPS) is 14.6. The van der Waals surface area contributed by atoms with Crippen LogP contribution in [0, 0.1) is 0 Å². The van der Waals surface area contributed by atoms with Crippen molar-refractivity contribution in [2.45, 2.75) is 225 Å². The molecule has 336 valence electrons. The van der Waals surface area contributed by atoms with Gasteiger partial charge >= 0.3 is 7.82 Å². The molecule has 0 saturated heterocycles. The second-order valence-electron chi connectivity index (χ2n) is 17.5. The first kappa shape index (κ1) is 55.7. The van der Waals surface area contributed by atoms with Crippen LogP contribution in [0.15, 0.2) is 36.5 Å². The van der Waals surface area contributed by atoms with Gasteiger partial charge in [0.1, 0.15) is 13.2 Å². The molecule has 0 bridgehead atoms. The van der Waals surface area contributed by atoms with E-state index in [1.54, 1.807) is 6.08 Å². The third-order valence-corrected chi connectivity index (χ3v) is 11.6. The smallest absolute Gasteiger partial charge is 0.387 e. The molecule has 0 radical (unpaired) electrons. The molecule has 3 atom stereocenters. The fourth-order valence-corrected chi connectivity index (χ4v) is 7.51. The largest absolute Gasteiger partial charge is 0.472 e. The number of carbonyl (C=O) groups excluding carboxylic acids is 1. The summed E-state index contributed by atoms with van der Waals surface area (Å²) in [5.41, 5.74) is 0. The molecule has 0 fully saturated rings. The molecule has 0 rings (SSSR count). The molecule has 0 aliphatic heterocycles. The molecule has 8 nitrogen and oxygen atoms in total. The second-order valence-corrected chi connectivity index (χ2v) is 18.9. The van der Waals surface area contributed by atoms with Crippen molar-refractivity contribution >= 4 is 13.7 Å². The molecule has 0 heterocycles. The van der Waals surface area contributed by atoms with E-state index in [0.29, 0.717) is 17.4 Å². The highest BCUT2D eigenvalue weighted by atomic mass is 31.2. The second kappa shape index (κ2) is 40.1. The molecule has 0 aliphatic carbocycles. The van der Waals surface area contributed by atoms with Gasteiger partial charge in [-0.3, -0.25) is 13.8 Å². The fraction of sp³-hybridized carbons (Fsp3) is 0.854. The molecule has 3 unspecified atom stereocenters. The molecule has 0 saturated carbocycles. The standard InChI is InChI=1S/C48H93N2O6P/c1-6-8-10-11-12-13-14-15-16-17-18-19-20-21-22-23-24-25-26-27-28-29-30-31-32-33-34-35-36-37-38-40-41-47(51)46(49-48(52)42-39-9-7-2)45-56-57(53,54)55-44-43-50(3,4)5/h31-32,35-36,40-41,46-47,51H,6-30,33-34,37-39,42-45H2,1-5H3,(H-,49,52,53,54)/p+1/b32-31+,36-35+,41-40+. The lowest BCUT2D eigenvalue weighted by molar-refractivity contribution is -0.870. The van der Waals surface area contributed by atoms with Crippen molar-refractivity contribution in [1.29, 1.82) is 0 Å². The van der Waals surface area contributed by atoms with Crippen LogP contribution in [0.1, 0.15) is 213 Å². The molecule has 0 aliphatic rings. The summed E-state index contributed by atoms with van der Waals surface area (Å²) in [6.07, 6.45) is 50.6. The zero-order valence-electron chi connectivity index (χ0n) is 38.1. The number of phosphoric ester groups is 1. The van der Waals surface area contributed by atoms with E-state index < -0.39 is 20.0 Å². The van der Waals surface area contributed by atoms with Crippen LogP contribution in [0.2, 0.25) is 0 Å². The van der Waals surface area contributed by atoms with Crippen molar-refractivity contribution in [3.05, 3.63) is 36.5 Å². The van der Waals surface area contributed by atoms with E-state index in [2.05, 4.69) is 43.5 Å². The average Bonchev–Trinajstić information content (AvgIpc) is 3.16. The topological polar surface area (TPSA) is 105 Å². The lowest BCUT2D eigenvalue weighted by Gasteiger charge is -2.25. The number of hydrogen-bond donors (Lipinski definition) is 3. The number of aliphatic hydroxyl groups is 1. The van der Waals surface area contributed by atoms with Crippen molar-refractivity contribution in [3.63, 3.8) is 0 Å². The number of aliphatic hydroxyl groups excluding tert-OH is 1. The highest BCUT2D eigenvalue weighted by Crippen LogP contribution is 2.43. The van der Waals surface area contributed by atoms with Crippen LogP contribution in [-0.2, 0) is 18.4 Å². The van der Waals surface area contributed by atoms with Crippen LogP contribution in [0.4, 0.5) is 0 Å². The van der Waals surface area contributed by atoms with Crippen LogP contribution < -0.4 is 5.32 Å². The number of hydrogen-bond acceptors (Lipinski definition) is 5. The van der Waals surface area contributed by atoms with Gasteiger partial charge in [-0.25, -0.2) is 4.57 Å². The van der Waals surface area contributed by atoms with Crippen LogP contribution in [-0.4, -0.2) is 73.4 Å². The van der Waals surface area contributed by atoms with E-state index in [-0.39, 0.29) is 19.1 Å². The van der Waals surface area contributed by atoms with Gasteiger partial charge in [0.05, 0.1) is 39.9 Å². The number of nitrogens with zero attached hydrogens (tertiary/aromatic N) is 1. The van der Waals surface area contributed by atoms with Crippen LogP contribution >= 0.6 is 7.82 Å². The average molecular weight is 826 g/mol. The summed E-state index contributed by atoms with van der Waals surface area (Å²) in [6.45, 7) is 4.61. The van der Waals surface area contributed by atoms with Gasteiger partial charge in [-0.1, -0.05) is 198 Å². The van der Waals surface area contributed by atoms with E-state index >= 15 is 0 Å². The Morgan fingerprint density at radius 2 is 0.965 bits per heavy atom. The van der Waals surface area contributed by atoms with Crippen molar-refractivity contribution in [1.82, 2.24) is 5.32 Å². The monoisotopic (exact) mass is 826 g/mol. The summed E-state index contributed by atoms with van der Waals surface area (Å²) >= 11 is 0. The number of rotatable bonds is 43. The van der Waals surface area contributed by atoms with Gasteiger partial charge in [-0.05, 0) is 44.9 Å². The molecule has 3 N–H and O–H groups in total. The molecule has 9 heteroatoms. The maximum absolute atomic E-state index is 12.5. The summed E-state index contributed by atoms with van der Waals surface area (Å²) < 4.78 is 23.3. The van der Waals surface area contributed by atoms with Gasteiger partial charge in [0.2, 0.25) is 5.91 Å². The van der Waals surface area contributed by atoms with E-state index in [1.165, 1.54) is 148 Å². The molecule has 1 amide bonds. The third-order valence-electron chi connectivity index (χ3n) is 10.6. The minimum absolute atomic E-state index is 0.0529. The van der Waals surface area contributed by atoms with Crippen LogP contribution in [0.25, 0.3) is 0 Å². The number of unbranched alkanes of at least 4 members (excludes halogenated alkanes) is 26. The molecule has 0 spiro atoms. The number of quaternary nitrogens is 1. The zero-order valence-corrected chi connectivity index (χ0v) is 39.0. The first-order valence-electron chi connectivity index (χ1n) is 23.9. The number of likely N-dealkylation sites (N-methyl/N-ethyl adjacent to an activating group) is 1. The number of nitrogens with one attached hydrogen (secondary N) is 1. The Morgan fingerprint density at radius 3 is 1.40 bits per heavy atom. The quantitative estimate of drug-likeness (QED) is 0.0245. The van der Waals surface area contributed by atoms with Crippen LogP contribution in [0.5, 0.6) is 0 Å². The van der Waals surface area contributed by atoms with E-state index in [1.807, 2.05) is 27.2 Å². The first-order chi connectivity index (χ1) is 27.5. The Morgan fingerprint density at radius 1 is 0.579 bits per heavy atom. The maximum Gasteiger partial charge on any atom is 0.472 e. The van der Waals surface area contributed by atoms with E-state index in [0.717, 1.165) is 44.9 Å². The fourth-order valence-electron chi connectivity index (χ4n) is 6.78. The zero-order chi connectivity index (χ0) is 42.1. The third kappa shape index (κ3) is 42.6. The number of phosphoric acid groups is 1. The summed E-state index contributed by atoms with van der Waals surface area (Å²) in [5, 5.41) is 13.6. The van der Waals surface area contributed by atoms with Gasteiger partial charge < -0.3 is 19.8 Å². The summed E-state index contributed by atoms with van der Waals surface area (Å²) in [4.78, 5) is 22.6. The lowest BCUT2D eigenvalue weighted by Crippen LogP contribution is -2.45. The minimum atomic E-state index is -4.33. The van der Waals surface area contributed by atoms with Gasteiger partial charge in [0.25, 0.3) is 0 Å². The van der Waals surface area contributed by atoms with E-state index in [4.69, 9.17) is 9.05 Å². The molecule has 0 aromatic rings. The Hall–Kier alpha value is -1.28. The van der Waals surface area contributed by atoms with Gasteiger partial charge in [-0.2, -0.15) is 0 Å². The maximum atomic E-state index is 12.5. The predicted octanol–water partition coefficient (Wildman–Crippen LogP) is 13.5. The number of carbonyl (C=O) groups is 1. The minimum Gasteiger partial charge on any atom is -0.387 e. The van der Waals surface area contributed by atoms with Gasteiger partial charge in [-0.15, -0.1) is 0 Å². The van der Waals surface area contributed by atoms with Crippen molar-refractivity contribution < 1.29 is 32.9 Å².